The maximum absolute atomic E-state index is 10.9. The van der Waals surface area contributed by atoms with Gasteiger partial charge in [0.2, 0.25) is 0 Å². The van der Waals surface area contributed by atoms with Crippen molar-refractivity contribution in [3.05, 3.63) is 0 Å². The second-order valence-corrected chi connectivity index (χ2v) is 4.07. The van der Waals surface area contributed by atoms with Crippen LogP contribution >= 0.6 is 0 Å². The summed E-state index contributed by atoms with van der Waals surface area (Å²) in [6, 6.07) is 0. The highest BCUT2D eigenvalue weighted by Crippen LogP contribution is 2.65. The van der Waals surface area contributed by atoms with Crippen molar-refractivity contribution in [1.82, 2.24) is 0 Å². The average Bonchev–Trinajstić information content (AvgIpc) is 2.12. The Labute approximate surface area is 60.2 Å². The van der Waals surface area contributed by atoms with Crippen LogP contribution in [0.2, 0.25) is 0 Å². The normalized spacial score (nSPS) is 49.1. The number of rotatable bonds is 0. The first kappa shape index (κ1) is 6.35. The predicted molar refractivity (Wildman–Crippen MR) is 36.4 cm³/mol. The minimum Gasteiger partial charge on any atom is -0.385 e. The summed E-state index contributed by atoms with van der Waals surface area (Å²) in [4.78, 5) is 10.9. The highest BCUT2D eigenvalue weighted by Gasteiger charge is 2.66. The number of carbonyl (C=O) groups excluding carboxylic acids is 1. The van der Waals surface area contributed by atoms with Gasteiger partial charge in [-0.3, -0.25) is 4.79 Å². The van der Waals surface area contributed by atoms with E-state index in [1.807, 2.05) is 0 Å². The summed E-state index contributed by atoms with van der Waals surface area (Å²) < 4.78 is 0. The third-order valence-electron chi connectivity index (χ3n) is 3.23. The molecule has 1 N–H and O–H groups in total. The molecule has 3 unspecified atom stereocenters. The van der Waals surface area contributed by atoms with Crippen LogP contribution in [0, 0.1) is 17.3 Å². The molecule has 2 aliphatic rings. The van der Waals surface area contributed by atoms with Gasteiger partial charge in [-0.15, -0.1) is 0 Å². The van der Waals surface area contributed by atoms with E-state index in [2.05, 4.69) is 13.8 Å². The molecule has 2 rings (SSSR count). The fourth-order valence-electron chi connectivity index (χ4n) is 2.34. The van der Waals surface area contributed by atoms with E-state index < -0.39 is 6.10 Å². The summed E-state index contributed by atoms with van der Waals surface area (Å²) in [5.41, 5.74) is 0.243. The quantitative estimate of drug-likeness (QED) is 0.534. The number of aliphatic hydroxyl groups excluding tert-OH is 1. The van der Waals surface area contributed by atoms with Crippen LogP contribution in [0.15, 0.2) is 0 Å². The zero-order chi connectivity index (χ0) is 7.52. The second kappa shape index (κ2) is 1.45. The fraction of sp³-hybridized carbons (Fsp3) is 0.875. The molecule has 0 bridgehead atoms. The van der Waals surface area contributed by atoms with Gasteiger partial charge in [0, 0.05) is 12.3 Å². The summed E-state index contributed by atoms with van der Waals surface area (Å²) in [6.45, 7) is 4.25. The van der Waals surface area contributed by atoms with Crippen LogP contribution in [0.5, 0.6) is 0 Å². The lowest BCUT2D eigenvalue weighted by molar-refractivity contribution is -0.126. The van der Waals surface area contributed by atoms with E-state index in [9.17, 15) is 9.90 Å². The molecule has 0 aromatic heterocycles. The maximum Gasteiger partial charge on any atom is 0.161 e. The zero-order valence-corrected chi connectivity index (χ0v) is 6.29. The third kappa shape index (κ3) is 0.511. The lowest BCUT2D eigenvalue weighted by Crippen LogP contribution is -2.21. The fourth-order valence-corrected chi connectivity index (χ4v) is 2.34. The molecule has 56 valence electrons. The molecular formula is C8H12O2. The van der Waals surface area contributed by atoms with E-state index >= 15 is 0 Å². The predicted octanol–water partition coefficient (Wildman–Crippen LogP) is 0.592. The van der Waals surface area contributed by atoms with Crippen LogP contribution < -0.4 is 0 Å². The molecule has 0 saturated heterocycles. The zero-order valence-electron chi connectivity index (χ0n) is 6.29. The molecule has 10 heavy (non-hydrogen) atoms. The monoisotopic (exact) mass is 140 g/mol. The Hall–Kier alpha value is -0.370. The second-order valence-electron chi connectivity index (χ2n) is 4.07. The van der Waals surface area contributed by atoms with Crippen LogP contribution in [0.25, 0.3) is 0 Å². The molecule has 0 aliphatic heterocycles. The van der Waals surface area contributed by atoms with E-state index in [0.717, 1.165) is 0 Å². The van der Waals surface area contributed by atoms with Crippen molar-refractivity contribution in [2.45, 2.75) is 26.4 Å². The standard InChI is InChI=1S/C8H12O2/c1-8(2)4-3-5(9)7(10)6(4)8/h4,6-7,10H,3H2,1-2H3. The lowest BCUT2D eigenvalue weighted by atomic mass is 9.99. The molecule has 0 heterocycles. The van der Waals surface area contributed by atoms with E-state index in [0.29, 0.717) is 12.3 Å². The van der Waals surface area contributed by atoms with E-state index in [4.69, 9.17) is 0 Å². The van der Waals surface area contributed by atoms with Gasteiger partial charge in [-0.05, 0) is 11.3 Å². The first-order valence-electron chi connectivity index (χ1n) is 3.76. The molecule has 2 saturated carbocycles. The molecule has 0 aromatic carbocycles. The molecule has 2 heteroatoms. The van der Waals surface area contributed by atoms with E-state index in [-0.39, 0.29) is 17.1 Å². The minimum absolute atomic E-state index is 0.0503. The Morgan fingerprint density at radius 3 is 2.50 bits per heavy atom. The lowest BCUT2D eigenvalue weighted by Gasteiger charge is -2.09. The summed E-state index contributed by atoms with van der Waals surface area (Å²) in [5, 5.41) is 9.29. The molecule has 2 aliphatic carbocycles. The van der Waals surface area contributed by atoms with Gasteiger partial charge in [0.25, 0.3) is 0 Å². The Morgan fingerprint density at radius 1 is 1.60 bits per heavy atom. The summed E-state index contributed by atoms with van der Waals surface area (Å²) in [6.07, 6.45) is -0.0289. The highest BCUT2D eigenvalue weighted by atomic mass is 16.3. The van der Waals surface area contributed by atoms with Crippen LogP contribution in [0.1, 0.15) is 20.3 Å². The van der Waals surface area contributed by atoms with Crippen LogP contribution in [0.3, 0.4) is 0 Å². The molecule has 3 atom stereocenters. The van der Waals surface area contributed by atoms with Crippen molar-refractivity contribution < 1.29 is 9.90 Å². The smallest absolute Gasteiger partial charge is 0.161 e. The Kier molecular flexibility index (Phi) is 0.919. The first-order valence-corrected chi connectivity index (χ1v) is 3.76. The van der Waals surface area contributed by atoms with E-state index in [1.54, 1.807) is 0 Å². The van der Waals surface area contributed by atoms with Gasteiger partial charge < -0.3 is 5.11 Å². The minimum atomic E-state index is -0.639. The number of aliphatic hydroxyl groups is 1. The van der Waals surface area contributed by atoms with Crippen LogP contribution in [0.4, 0.5) is 0 Å². The van der Waals surface area contributed by atoms with E-state index in [1.165, 1.54) is 0 Å². The third-order valence-corrected chi connectivity index (χ3v) is 3.23. The van der Waals surface area contributed by atoms with Crippen molar-refractivity contribution >= 4 is 5.78 Å². The molecule has 0 spiro atoms. The topological polar surface area (TPSA) is 37.3 Å². The SMILES string of the molecule is CC1(C)C2CC(=O)C(O)C21. The molecular weight excluding hydrogens is 128 g/mol. The summed E-state index contributed by atoms with van der Waals surface area (Å²) in [7, 11) is 0. The summed E-state index contributed by atoms with van der Waals surface area (Å²) >= 11 is 0. The van der Waals surface area contributed by atoms with Crippen LogP contribution in [-0.4, -0.2) is 17.0 Å². The van der Waals surface area contributed by atoms with Gasteiger partial charge >= 0.3 is 0 Å². The van der Waals surface area contributed by atoms with Crippen LogP contribution in [-0.2, 0) is 4.79 Å². The van der Waals surface area contributed by atoms with Gasteiger partial charge in [0.15, 0.2) is 5.78 Å². The Balaban J connectivity index is 2.21. The van der Waals surface area contributed by atoms with Crippen molar-refractivity contribution in [3.63, 3.8) is 0 Å². The van der Waals surface area contributed by atoms with Crippen molar-refractivity contribution in [2.75, 3.05) is 0 Å². The first-order chi connectivity index (χ1) is 4.55. The molecule has 2 nitrogen and oxygen atoms in total. The highest BCUT2D eigenvalue weighted by molar-refractivity contribution is 5.87. The number of fused-ring (bicyclic) bond motifs is 1. The van der Waals surface area contributed by atoms with Crippen molar-refractivity contribution in [3.8, 4) is 0 Å². The molecule has 0 radical (unpaired) electrons. The average molecular weight is 140 g/mol. The van der Waals surface area contributed by atoms with Gasteiger partial charge in [-0.1, -0.05) is 13.8 Å². The molecule has 0 amide bonds. The number of ketones is 1. The largest absolute Gasteiger partial charge is 0.385 e. The number of carbonyl (C=O) groups is 1. The maximum atomic E-state index is 10.9. The summed E-state index contributed by atoms with van der Waals surface area (Å²) in [5.74, 6) is 0.810. The van der Waals surface area contributed by atoms with Crippen molar-refractivity contribution in [1.29, 1.82) is 0 Å². The molecule has 0 aromatic rings. The van der Waals surface area contributed by atoms with Gasteiger partial charge in [0.1, 0.15) is 6.10 Å². The van der Waals surface area contributed by atoms with Gasteiger partial charge in [-0.25, -0.2) is 0 Å². The molecule has 2 fully saturated rings. The number of hydrogen-bond acceptors (Lipinski definition) is 2. The number of hydrogen-bond donors (Lipinski definition) is 1. The van der Waals surface area contributed by atoms with Gasteiger partial charge in [-0.2, -0.15) is 0 Å². The number of Topliss-reactive ketones (excluding diaryl/α,β-unsaturated/α-hetero) is 1. The van der Waals surface area contributed by atoms with Crippen molar-refractivity contribution in [2.24, 2.45) is 17.3 Å². The Morgan fingerprint density at radius 2 is 2.20 bits per heavy atom. The van der Waals surface area contributed by atoms with Gasteiger partial charge in [0.05, 0.1) is 0 Å². The Bertz CT molecular complexity index is 195.